The third-order valence-electron chi connectivity index (χ3n) is 16.5. The van der Waals surface area contributed by atoms with E-state index in [1.165, 1.54) is 42.8 Å². The lowest BCUT2D eigenvalue weighted by Gasteiger charge is -2.34. The lowest BCUT2D eigenvalue weighted by Crippen LogP contribution is -2.64. The molecule has 0 aliphatic carbocycles. The molecule has 4 aromatic carbocycles. The van der Waals surface area contributed by atoms with Crippen molar-refractivity contribution in [1.29, 1.82) is 0 Å². The number of phenols is 1. The van der Waals surface area contributed by atoms with E-state index in [4.69, 9.17) is 25.7 Å². The van der Waals surface area contributed by atoms with E-state index < -0.39 is 152 Å². The van der Waals surface area contributed by atoms with Crippen LogP contribution in [0.4, 0.5) is 5.69 Å². The number of aromatic hydroxyl groups is 1. The number of nitrogens with one attached hydrogen (secondary N) is 5. The number of carbonyl (C=O) groups is 7. The molecule has 476 valence electrons. The highest BCUT2D eigenvalue weighted by molar-refractivity contribution is 6.00. The number of phenolic OH excluding ortho intramolecular Hbond substituents is 1. The zero-order chi connectivity index (χ0) is 63.7. The van der Waals surface area contributed by atoms with Gasteiger partial charge >= 0.3 is 0 Å². The maximum Gasteiger partial charge on any atom is 0.251 e. The summed E-state index contributed by atoms with van der Waals surface area (Å²) in [6, 6.07) is 11.4. The number of aliphatic hydroxyl groups is 6. The van der Waals surface area contributed by atoms with Crippen LogP contribution < -0.4 is 57.2 Å². The van der Waals surface area contributed by atoms with Gasteiger partial charge in [0.1, 0.15) is 42.9 Å². The van der Waals surface area contributed by atoms with Gasteiger partial charge in [0.2, 0.25) is 35.4 Å². The Balaban J connectivity index is 1.07. The molecule has 13 atom stereocenters. The Labute approximate surface area is 508 Å². The number of nitrogens with two attached hydrogens (primary N) is 2. The van der Waals surface area contributed by atoms with E-state index in [1.54, 1.807) is 26.4 Å². The summed E-state index contributed by atoms with van der Waals surface area (Å²) in [6.07, 6.45) is -11.0. The number of ether oxygens (including phenoxy) is 3. The number of hydrogen-bond donors (Lipinski definition) is 14. The summed E-state index contributed by atoms with van der Waals surface area (Å²) < 4.78 is 16.5. The van der Waals surface area contributed by atoms with Crippen molar-refractivity contribution in [3.8, 4) is 34.1 Å². The Morgan fingerprint density at radius 3 is 1.99 bits per heavy atom. The smallest absolute Gasteiger partial charge is 0.251 e. The van der Waals surface area contributed by atoms with Crippen molar-refractivity contribution in [3.63, 3.8) is 0 Å². The number of rotatable bonds is 16. The number of hydrogen-bond acceptors (Lipinski definition) is 20. The maximum atomic E-state index is 14.7. The van der Waals surface area contributed by atoms with Crippen LogP contribution in [0.1, 0.15) is 60.2 Å². The van der Waals surface area contributed by atoms with Gasteiger partial charge in [-0.15, -0.1) is 0 Å². The summed E-state index contributed by atoms with van der Waals surface area (Å²) in [6.45, 7) is 2.53. The summed E-state index contributed by atoms with van der Waals surface area (Å²) >= 11 is 0. The molecule has 3 fully saturated rings. The first-order chi connectivity index (χ1) is 42.0. The molecule has 8 rings (SSSR count). The molecule has 0 bridgehead atoms. The number of fused-ring (bicyclic) bond motifs is 3. The first kappa shape index (κ1) is 65.8. The summed E-state index contributed by atoms with van der Waals surface area (Å²) in [5, 5.41) is 91.3. The highest BCUT2D eigenvalue weighted by Gasteiger charge is 2.50. The van der Waals surface area contributed by atoms with Gasteiger partial charge in [-0.05, 0) is 103 Å². The molecule has 27 nitrogen and oxygen atoms in total. The molecule has 4 aliphatic heterocycles. The molecule has 27 heteroatoms. The van der Waals surface area contributed by atoms with Crippen molar-refractivity contribution in [2.24, 2.45) is 17.4 Å². The molecule has 16 N–H and O–H groups in total. The van der Waals surface area contributed by atoms with Gasteiger partial charge in [0.15, 0.2) is 23.0 Å². The van der Waals surface area contributed by atoms with E-state index in [9.17, 15) is 69.3 Å². The van der Waals surface area contributed by atoms with E-state index in [1.807, 2.05) is 36.4 Å². The van der Waals surface area contributed by atoms with E-state index in [0.717, 1.165) is 52.1 Å². The van der Waals surface area contributed by atoms with Crippen molar-refractivity contribution in [2.75, 3.05) is 65.0 Å². The van der Waals surface area contributed by atoms with E-state index >= 15 is 0 Å². The van der Waals surface area contributed by atoms with Crippen LogP contribution in [0.3, 0.4) is 0 Å². The monoisotopic (exact) mass is 1220 g/mol. The largest absolute Gasteiger partial charge is 0.504 e. The zero-order valence-electron chi connectivity index (χ0n) is 49.4. The molecule has 4 heterocycles. The first-order valence-corrected chi connectivity index (χ1v) is 29.3. The van der Waals surface area contributed by atoms with Gasteiger partial charge in [-0.25, -0.2) is 0 Å². The second kappa shape index (κ2) is 29.2. The number of benzene rings is 4. The van der Waals surface area contributed by atoms with Crippen LogP contribution in [0.15, 0.2) is 78.9 Å². The van der Waals surface area contributed by atoms with Gasteiger partial charge in [0.05, 0.1) is 50.8 Å². The molecule has 3 saturated heterocycles. The number of aliphatic hydroxyl groups excluding tert-OH is 6. The Morgan fingerprint density at radius 2 is 1.34 bits per heavy atom. The highest BCUT2D eigenvalue weighted by atomic mass is 16.5. The number of amides is 7. The van der Waals surface area contributed by atoms with Crippen LogP contribution in [0, 0.1) is 5.92 Å². The molecular formula is C61H80N10O17. The minimum atomic E-state index is -2.04. The van der Waals surface area contributed by atoms with Gasteiger partial charge in [0, 0.05) is 75.7 Å². The SMILES string of the molecule is COc1cc2c(cc1OC)CN(c1ccc(-c3ccc(C(=O)NC4C[C@@H](O)CNC(=O)[C@@H]5[C@@H](O)[C@@H](C)CN5C(=O)[C@H]([C@H](O)CCN)NC(=O)[C@H]([C@H](O)Cc5ccc(O)c(OCCN)c5)NC(=O)[C@@H]5C[C@@H](O)CN5C(=O)[C@H]([C@@H](C)O)NC4=O)cc3)cc1)CC2. The molecule has 88 heavy (non-hydrogen) atoms. The molecule has 0 radical (unpaired) electrons. The maximum absolute atomic E-state index is 14.7. The molecule has 0 saturated carbocycles. The number of nitrogens with zero attached hydrogens (tertiary/aromatic N) is 3. The third-order valence-corrected chi connectivity index (χ3v) is 16.5. The van der Waals surface area contributed by atoms with E-state index in [2.05, 4.69) is 31.5 Å². The quantitative estimate of drug-likeness (QED) is 0.0542. The normalized spacial score (nSPS) is 26.0. The van der Waals surface area contributed by atoms with Crippen LogP contribution >= 0.6 is 0 Å². The van der Waals surface area contributed by atoms with Crippen molar-refractivity contribution >= 4 is 47.0 Å². The average Bonchev–Trinajstić information content (AvgIpc) is 4.01. The van der Waals surface area contributed by atoms with Crippen LogP contribution in [0.2, 0.25) is 0 Å². The predicted octanol–water partition coefficient (Wildman–Crippen LogP) is -2.73. The van der Waals surface area contributed by atoms with E-state index in [0.29, 0.717) is 18.0 Å². The predicted molar refractivity (Wildman–Crippen MR) is 317 cm³/mol. The zero-order valence-corrected chi connectivity index (χ0v) is 49.4. The van der Waals surface area contributed by atoms with Crippen LogP contribution in [-0.2, 0) is 48.2 Å². The Morgan fingerprint density at radius 1 is 0.705 bits per heavy atom. The first-order valence-electron chi connectivity index (χ1n) is 29.3. The minimum absolute atomic E-state index is 0.00379. The van der Waals surface area contributed by atoms with Crippen molar-refractivity contribution < 1.29 is 83.5 Å². The van der Waals surface area contributed by atoms with Crippen LogP contribution in [0.5, 0.6) is 23.0 Å². The fraction of sp³-hybridized carbons (Fsp3) is 0.492. The van der Waals surface area contributed by atoms with Crippen molar-refractivity contribution in [3.05, 3.63) is 101 Å². The molecule has 4 aromatic rings. The summed E-state index contributed by atoms with van der Waals surface area (Å²) in [7, 11) is 3.20. The number of methoxy groups -OCH3 is 2. The van der Waals surface area contributed by atoms with Crippen molar-refractivity contribution in [1.82, 2.24) is 36.4 Å². The number of anilines is 1. The second-order valence-electron chi connectivity index (χ2n) is 22.8. The molecule has 4 aliphatic rings. The topological polar surface area (TPSA) is 411 Å². The van der Waals surface area contributed by atoms with Gasteiger partial charge < -0.3 is 103 Å². The van der Waals surface area contributed by atoms with Crippen molar-refractivity contribution in [2.45, 2.75) is 125 Å². The lowest BCUT2D eigenvalue weighted by atomic mass is 9.97. The highest BCUT2D eigenvalue weighted by Crippen LogP contribution is 2.36. The minimum Gasteiger partial charge on any atom is -0.504 e. The standard InChI is InChI=1S/C61H80N10O17/c1-31-28-71-53(54(31)78)59(83)64-27-40(73)25-42(65-55(79)36-8-6-34(7-9-36)35-10-12-39(13-11-35)69-19-16-37-23-48(86-3)49(87-4)24-38(37)29-69)56(80)66-50(32(2)72)60(84)70-30-41(74)26-43(70)57(81)67-51(58(82)68-52(61(71)85)45(76)15-17-62)46(77)21-33-5-14-44(75)47(22-33)88-20-18-63/h5-14,22-24,31-32,40-43,45-46,50-54,72-78H,15-21,25-30,62-63H2,1-4H3,(H,64,83)(H,65,79)(H,66,80)(H,67,81)(H,68,82)/t31-,32+,40+,41+,42?,43-,45+,46+,50-,51-,52-,53-,54-/m0/s1. The van der Waals surface area contributed by atoms with E-state index in [-0.39, 0.29) is 55.3 Å². The lowest BCUT2D eigenvalue weighted by molar-refractivity contribution is -0.147. The Hall–Kier alpha value is -8.15. The van der Waals surface area contributed by atoms with Crippen LogP contribution in [-0.4, -0.2) is 220 Å². The third kappa shape index (κ3) is 15.2. The van der Waals surface area contributed by atoms with Gasteiger partial charge in [-0.2, -0.15) is 0 Å². The second-order valence-corrected chi connectivity index (χ2v) is 22.8. The summed E-state index contributed by atoms with van der Waals surface area (Å²) in [5.74, 6) is -7.26. The summed E-state index contributed by atoms with van der Waals surface area (Å²) in [4.78, 5) is 105. The fourth-order valence-corrected chi connectivity index (χ4v) is 11.6. The Bertz CT molecular complexity index is 3150. The van der Waals surface area contributed by atoms with Gasteiger partial charge in [-0.1, -0.05) is 37.3 Å². The van der Waals surface area contributed by atoms with Gasteiger partial charge in [0.25, 0.3) is 5.91 Å². The van der Waals surface area contributed by atoms with Gasteiger partial charge in [-0.3, -0.25) is 33.6 Å². The molecule has 0 aromatic heterocycles. The molecule has 0 spiro atoms. The average molecular weight is 1230 g/mol. The number of carbonyl (C=O) groups excluding carboxylic acids is 7. The molecular weight excluding hydrogens is 1140 g/mol. The fourth-order valence-electron chi connectivity index (χ4n) is 11.6. The Kier molecular flexibility index (Phi) is 21.9. The molecule has 7 amide bonds. The number of β-amino-alcohol motifs (C(OH)–C–C–N with tert-alkyl or cyclic N) is 1. The molecule has 1 unspecified atom stereocenters. The van der Waals surface area contributed by atoms with Crippen LogP contribution in [0.25, 0.3) is 11.1 Å². The summed E-state index contributed by atoms with van der Waals surface area (Å²) in [5.41, 5.74) is 16.6.